The first kappa shape index (κ1) is 7.82. The highest BCUT2D eigenvalue weighted by Gasteiger charge is 1.84. The van der Waals surface area contributed by atoms with Gasteiger partial charge in [0.15, 0.2) is 0 Å². The summed E-state index contributed by atoms with van der Waals surface area (Å²) in [5.74, 6) is 0.912. The van der Waals surface area contributed by atoms with E-state index in [1.54, 1.807) is 0 Å². The summed E-state index contributed by atoms with van der Waals surface area (Å²) in [5, 5.41) is 0. The molecule has 48 valence electrons. The van der Waals surface area contributed by atoms with Crippen LogP contribution in [0.1, 0.15) is 19.8 Å². The first-order valence-electron chi connectivity index (χ1n) is 2.63. The van der Waals surface area contributed by atoms with Crippen LogP contribution in [0.5, 0.6) is 0 Å². The maximum absolute atomic E-state index is 9.52. The average molecular weight is 134 g/mol. The van der Waals surface area contributed by atoms with Crippen molar-refractivity contribution < 1.29 is 8.98 Å². The van der Waals surface area contributed by atoms with Gasteiger partial charge in [-0.25, -0.2) is 0 Å². The van der Waals surface area contributed by atoms with Crippen LogP contribution in [0.2, 0.25) is 0 Å². The van der Waals surface area contributed by atoms with Crippen LogP contribution in [0.25, 0.3) is 0 Å². The lowest BCUT2D eigenvalue weighted by Crippen LogP contribution is -1.79. The first-order chi connectivity index (χ1) is 3.91. The van der Waals surface area contributed by atoms with Crippen molar-refractivity contribution in [2.24, 2.45) is 0 Å². The second-order valence-corrected chi connectivity index (χ2v) is 2.20. The Morgan fingerprint density at radius 1 is 1.75 bits per heavy atom. The van der Waals surface area contributed by atoms with Crippen molar-refractivity contribution in [1.29, 1.82) is 0 Å². The fourth-order valence-electron chi connectivity index (χ4n) is 0.279. The van der Waals surface area contributed by atoms with Gasteiger partial charge < -0.3 is 4.18 Å². The van der Waals surface area contributed by atoms with Crippen LogP contribution in [0.3, 0.4) is 0 Å². The number of unbranched alkanes of at least 4 members (excludes halogenated alkanes) is 1. The van der Waals surface area contributed by atoms with Gasteiger partial charge in [-0.1, -0.05) is 13.3 Å². The predicted octanol–water partition coefficient (Wildman–Crippen LogP) is 1.61. The Bertz CT molecular complexity index is 56.4. The molecule has 0 atom stereocenters. The molecule has 0 radical (unpaired) electrons. The molecular formula is C5H10O2S. The second kappa shape index (κ2) is 6.82. The van der Waals surface area contributed by atoms with Gasteiger partial charge in [0.2, 0.25) is 0 Å². The van der Waals surface area contributed by atoms with Crippen molar-refractivity contribution in [2.75, 3.05) is 5.75 Å². The number of hydrogen-bond acceptors (Lipinski definition) is 3. The van der Waals surface area contributed by atoms with Crippen LogP contribution in [0.15, 0.2) is 0 Å². The number of carbonyl (C=O) groups excluding carboxylic acids is 1. The molecule has 0 rings (SSSR count). The molecule has 2 nitrogen and oxygen atoms in total. The number of carbonyl (C=O) groups is 1. The van der Waals surface area contributed by atoms with E-state index in [1.165, 1.54) is 12.0 Å². The third kappa shape index (κ3) is 5.82. The molecular weight excluding hydrogens is 124 g/mol. The minimum atomic E-state index is 0.459. The SMILES string of the molecule is CCCCSOC=O. The van der Waals surface area contributed by atoms with E-state index >= 15 is 0 Å². The Morgan fingerprint density at radius 2 is 2.50 bits per heavy atom. The topological polar surface area (TPSA) is 26.3 Å². The molecule has 0 aromatic heterocycles. The van der Waals surface area contributed by atoms with E-state index in [2.05, 4.69) is 11.1 Å². The molecule has 0 bridgehead atoms. The maximum atomic E-state index is 9.52. The van der Waals surface area contributed by atoms with Crippen molar-refractivity contribution >= 4 is 18.5 Å². The first-order valence-corrected chi connectivity index (χ1v) is 3.54. The standard InChI is InChI=1S/C5H10O2S/c1-2-3-4-8-7-5-6/h5H,2-4H2,1H3. The summed E-state index contributed by atoms with van der Waals surface area (Å²) < 4.78 is 4.37. The van der Waals surface area contributed by atoms with E-state index in [0.29, 0.717) is 6.47 Å². The van der Waals surface area contributed by atoms with Crippen LogP contribution in [0, 0.1) is 0 Å². The van der Waals surface area contributed by atoms with Gasteiger partial charge in [-0.3, -0.25) is 4.79 Å². The largest absolute Gasteiger partial charge is 0.394 e. The molecule has 0 spiro atoms. The van der Waals surface area contributed by atoms with E-state index in [-0.39, 0.29) is 0 Å². The summed E-state index contributed by atoms with van der Waals surface area (Å²) in [6.07, 6.45) is 2.26. The summed E-state index contributed by atoms with van der Waals surface area (Å²) in [4.78, 5) is 9.52. The molecule has 0 aromatic carbocycles. The van der Waals surface area contributed by atoms with E-state index in [4.69, 9.17) is 0 Å². The van der Waals surface area contributed by atoms with E-state index < -0.39 is 0 Å². The zero-order valence-electron chi connectivity index (χ0n) is 4.92. The smallest absolute Gasteiger partial charge is 0.305 e. The molecule has 8 heavy (non-hydrogen) atoms. The highest BCUT2D eigenvalue weighted by atomic mass is 32.2. The summed E-state index contributed by atoms with van der Waals surface area (Å²) in [7, 11) is 0. The molecule has 0 N–H and O–H groups in total. The normalized spacial score (nSPS) is 8.62. The van der Waals surface area contributed by atoms with E-state index in [0.717, 1.165) is 18.6 Å². The molecule has 0 aliphatic rings. The zero-order valence-corrected chi connectivity index (χ0v) is 5.74. The van der Waals surface area contributed by atoms with Gasteiger partial charge in [0.1, 0.15) is 0 Å². The Labute approximate surface area is 53.8 Å². The number of rotatable bonds is 5. The molecule has 0 unspecified atom stereocenters. The summed E-state index contributed by atoms with van der Waals surface area (Å²) >= 11 is 1.21. The van der Waals surface area contributed by atoms with E-state index in [1.807, 2.05) is 0 Å². The lowest BCUT2D eigenvalue weighted by atomic mass is 10.4. The number of hydrogen-bond donors (Lipinski definition) is 0. The molecule has 0 saturated carbocycles. The van der Waals surface area contributed by atoms with Crippen LogP contribution >= 0.6 is 12.0 Å². The van der Waals surface area contributed by atoms with Crippen LogP contribution in [-0.4, -0.2) is 12.2 Å². The van der Waals surface area contributed by atoms with Gasteiger partial charge in [0.05, 0.1) is 12.0 Å². The molecule has 0 aromatic rings. The molecule has 0 aliphatic carbocycles. The molecule has 0 fully saturated rings. The van der Waals surface area contributed by atoms with Gasteiger partial charge in [-0.15, -0.1) is 0 Å². The summed E-state index contributed by atoms with van der Waals surface area (Å²) in [5.41, 5.74) is 0. The van der Waals surface area contributed by atoms with Crippen molar-refractivity contribution in [3.05, 3.63) is 0 Å². The van der Waals surface area contributed by atoms with Crippen molar-refractivity contribution in [1.82, 2.24) is 0 Å². The van der Waals surface area contributed by atoms with Gasteiger partial charge >= 0.3 is 6.47 Å². The van der Waals surface area contributed by atoms with Gasteiger partial charge in [-0.2, -0.15) is 0 Å². The van der Waals surface area contributed by atoms with E-state index in [9.17, 15) is 4.79 Å². The minimum Gasteiger partial charge on any atom is -0.394 e. The van der Waals surface area contributed by atoms with Crippen molar-refractivity contribution in [3.8, 4) is 0 Å². The molecule has 0 aliphatic heterocycles. The highest BCUT2D eigenvalue weighted by Crippen LogP contribution is 2.02. The van der Waals surface area contributed by atoms with Crippen LogP contribution in [0.4, 0.5) is 0 Å². The minimum absolute atomic E-state index is 0.459. The Balaban J connectivity index is 2.62. The molecule has 0 saturated heterocycles. The van der Waals surface area contributed by atoms with Crippen molar-refractivity contribution in [2.45, 2.75) is 19.8 Å². The summed E-state index contributed by atoms with van der Waals surface area (Å²) in [6.45, 7) is 2.56. The molecule has 0 heterocycles. The fourth-order valence-corrected chi connectivity index (χ4v) is 0.837. The molecule has 3 heteroatoms. The van der Waals surface area contributed by atoms with Gasteiger partial charge in [-0.05, 0) is 6.42 Å². The second-order valence-electron chi connectivity index (χ2n) is 1.37. The Kier molecular flexibility index (Phi) is 6.67. The molecule has 0 amide bonds. The lowest BCUT2D eigenvalue weighted by Gasteiger charge is -1.91. The third-order valence-corrected chi connectivity index (χ3v) is 1.36. The third-order valence-electron chi connectivity index (χ3n) is 0.689. The summed E-state index contributed by atoms with van der Waals surface area (Å²) in [6, 6.07) is 0. The average Bonchev–Trinajstić information content (AvgIpc) is 1.81. The fraction of sp³-hybridized carbons (Fsp3) is 0.800. The van der Waals surface area contributed by atoms with Crippen molar-refractivity contribution in [3.63, 3.8) is 0 Å². The highest BCUT2D eigenvalue weighted by molar-refractivity contribution is 7.94. The van der Waals surface area contributed by atoms with Crippen LogP contribution < -0.4 is 0 Å². The Hall–Kier alpha value is -0.180. The van der Waals surface area contributed by atoms with Crippen LogP contribution in [-0.2, 0) is 8.98 Å². The predicted molar refractivity (Wildman–Crippen MR) is 34.5 cm³/mol. The quantitative estimate of drug-likeness (QED) is 0.324. The zero-order chi connectivity index (χ0) is 6.24. The maximum Gasteiger partial charge on any atom is 0.305 e. The lowest BCUT2D eigenvalue weighted by molar-refractivity contribution is -0.119. The monoisotopic (exact) mass is 134 g/mol. The Morgan fingerprint density at radius 3 is 3.00 bits per heavy atom. The van der Waals surface area contributed by atoms with Gasteiger partial charge in [0.25, 0.3) is 0 Å². The van der Waals surface area contributed by atoms with Gasteiger partial charge in [0, 0.05) is 5.75 Å².